The van der Waals surface area contributed by atoms with Gasteiger partial charge in [-0.25, -0.2) is 9.97 Å². The summed E-state index contributed by atoms with van der Waals surface area (Å²) in [5.74, 6) is 1.16. The molecule has 0 spiro atoms. The van der Waals surface area contributed by atoms with E-state index in [0.717, 1.165) is 5.69 Å². The zero-order valence-electron chi connectivity index (χ0n) is 10.1. The monoisotopic (exact) mass is 233 g/mol. The highest BCUT2D eigenvalue weighted by Crippen LogP contribution is 2.15. The summed E-state index contributed by atoms with van der Waals surface area (Å²) in [6.07, 6.45) is 6.89. The fraction of sp³-hybridized carbons (Fsp3) is 0.364. The van der Waals surface area contributed by atoms with Gasteiger partial charge >= 0.3 is 0 Å². The Morgan fingerprint density at radius 2 is 1.94 bits per heavy atom. The second-order valence-electron chi connectivity index (χ2n) is 3.87. The van der Waals surface area contributed by atoms with Gasteiger partial charge in [0.05, 0.1) is 31.4 Å². The third-order valence-corrected chi connectivity index (χ3v) is 2.25. The van der Waals surface area contributed by atoms with Crippen LogP contribution in [0.2, 0.25) is 0 Å². The molecule has 90 valence electrons. The molecule has 0 unspecified atom stereocenters. The number of aromatic nitrogens is 4. The molecule has 0 aromatic carbocycles. The summed E-state index contributed by atoms with van der Waals surface area (Å²) in [5, 5.41) is 7.29. The van der Waals surface area contributed by atoms with Crippen LogP contribution < -0.4 is 10.1 Å². The minimum absolute atomic E-state index is 0.335. The lowest BCUT2D eigenvalue weighted by Crippen LogP contribution is -2.00. The van der Waals surface area contributed by atoms with Crippen LogP contribution in [0.15, 0.2) is 24.8 Å². The summed E-state index contributed by atoms with van der Waals surface area (Å²) in [6.45, 7) is 4.14. The quantitative estimate of drug-likeness (QED) is 0.875. The Morgan fingerprint density at radius 3 is 2.47 bits per heavy atom. The highest BCUT2D eigenvalue weighted by molar-refractivity contribution is 5.50. The van der Waals surface area contributed by atoms with E-state index in [1.165, 1.54) is 0 Å². The molecule has 0 aliphatic heterocycles. The van der Waals surface area contributed by atoms with Gasteiger partial charge in [0.2, 0.25) is 5.95 Å². The Bertz CT molecular complexity index is 477. The minimum atomic E-state index is 0.335. The van der Waals surface area contributed by atoms with Crippen LogP contribution in [0.5, 0.6) is 5.75 Å². The Labute approximate surface area is 99.7 Å². The van der Waals surface area contributed by atoms with Crippen molar-refractivity contribution < 1.29 is 4.74 Å². The van der Waals surface area contributed by atoms with Crippen LogP contribution in [-0.2, 0) is 0 Å². The normalized spacial score (nSPS) is 10.6. The molecule has 0 amide bonds. The van der Waals surface area contributed by atoms with E-state index in [4.69, 9.17) is 4.74 Å². The molecule has 2 aromatic rings. The fourth-order valence-electron chi connectivity index (χ4n) is 1.30. The Balaban J connectivity index is 2.08. The Kier molecular flexibility index (Phi) is 3.22. The summed E-state index contributed by atoms with van der Waals surface area (Å²) >= 11 is 0. The smallest absolute Gasteiger partial charge is 0.227 e. The topological polar surface area (TPSA) is 64.9 Å². The van der Waals surface area contributed by atoms with Gasteiger partial charge in [-0.3, -0.25) is 4.68 Å². The molecule has 1 N–H and O–H groups in total. The standard InChI is InChI=1S/C11H15N5O/c1-8(2)16-7-9(4-14-16)15-11-12-5-10(17-3)6-13-11/h4-8H,1-3H3,(H,12,13,15). The highest BCUT2D eigenvalue weighted by atomic mass is 16.5. The molecule has 17 heavy (non-hydrogen) atoms. The molecule has 6 heteroatoms. The molecule has 0 saturated carbocycles. The molecule has 0 radical (unpaired) electrons. The predicted octanol–water partition coefficient (Wildman–Crippen LogP) is 2.01. The van der Waals surface area contributed by atoms with Crippen molar-refractivity contribution >= 4 is 11.6 Å². The van der Waals surface area contributed by atoms with Crippen molar-refractivity contribution in [3.8, 4) is 5.75 Å². The maximum atomic E-state index is 4.99. The SMILES string of the molecule is COc1cnc(Nc2cnn(C(C)C)c2)nc1. The number of ether oxygens (including phenoxy) is 1. The van der Waals surface area contributed by atoms with Gasteiger partial charge in [0.25, 0.3) is 0 Å². The number of anilines is 2. The summed E-state index contributed by atoms with van der Waals surface area (Å²) in [7, 11) is 1.58. The molecular weight excluding hydrogens is 218 g/mol. The molecule has 0 aliphatic rings. The van der Waals surface area contributed by atoms with E-state index >= 15 is 0 Å². The number of methoxy groups -OCH3 is 1. The van der Waals surface area contributed by atoms with Crippen molar-refractivity contribution in [1.82, 2.24) is 19.7 Å². The average molecular weight is 233 g/mol. The van der Waals surface area contributed by atoms with Gasteiger partial charge < -0.3 is 10.1 Å². The summed E-state index contributed by atoms with van der Waals surface area (Å²) in [4.78, 5) is 8.23. The Morgan fingerprint density at radius 1 is 1.24 bits per heavy atom. The van der Waals surface area contributed by atoms with Crippen LogP contribution in [0.25, 0.3) is 0 Å². The summed E-state index contributed by atoms with van der Waals surface area (Å²) in [5.41, 5.74) is 0.865. The van der Waals surface area contributed by atoms with Crippen molar-refractivity contribution in [1.29, 1.82) is 0 Å². The molecule has 2 heterocycles. The van der Waals surface area contributed by atoms with Crippen LogP contribution in [0.4, 0.5) is 11.6 Å². The molecule has 2 aromatic heterocycles. The second kappa shape index (κ2) is 4.82. The van der Waals surface area contributed by atoms with Gasteiger partial charge in [0.1, 0.15) is 0 Å². The molecule has 0 fully saturated rings. The molecule has 0 bridgehead atoms. The van der Waals surface area contributed by atoms with Crippen molar-refractivity contribution in [3.63, 3.8) is 0 Å². The average Bonchev–Trinajstić information content (AvgIpc) is 2.79. The number of hydrogen-bond acceptors (Lipinski definition) is 5. The largest absolute Gasteiger partial charge is 0.494 e. The zero-order valence-corrected chi connectivity index (χ0v) is 10.1. The molecular formula is C11H15N5O. The summed E-state index contributed by atoms with van der Waals surface area (Å²) in [6, 6.07) is 0.335. The van der Waals surface area contributed by atoms with E-state index in [1.807, 2.05) is 10.9 Å². The maximum Gasteiger partial charge on any atom is 0.227 e. The first-order valence-corrected chi connectivity index (χ1v) is 5.36. The minimum Gasteiger partial charge on any atom is -0.494 e. The highest BCUT2D eigenvalue weighted by Gasteiger charge is 2.03. The van der Waals surface area contributed by atoms with Crippen molar-refractivity contribution in [2.75, 3.05) is 12.4 Å². The maximum absolute atomic E-state index is 4.99. The van der Waals surface area contributed by atoms with Gasteiger partial charge in [0, 0.05) is 12.2 Å². The third kappa shape index (κ3) is 2.72. The van der Waals surface area contributed by atoms with Gasteiger partial charge in [-0.15, -0.1) is 0 Å². The number of rotatable bonds is 4. The van der Waals surface area contributed by atoms with Crippen molar-refractivity contribution in [2.45, 2.75) is 19.9 Å². The van der Waals surface area contributed by atoms with E-state index in [-0.39, 0.29) is 0 Å². The fourth-order valence-corrected chi connectivity index (χ4v) is 1.30. The van der Waals surface area contributed by atoms with Gasteiger partial charge in [0.15, 0.2) is 5.75 Å². The number of nitrogens with one attached hydrogen (secondary N) is 1. The van der Waals surface area contributed by atoms with E-state index in [2.05, 4.69) is 34.2 Å². The number of nitrogens with zero attached hydrogens (tertiary/aromatic N) is 4. The molecule has 2 rings (SSSR count). The second-order valence-corrected chi connectivity index (χ2v) is 3.87. The van der Waals surface area contributed by atoms with Crippen LogP contribution in [0.1, 0.15) is 19.9 Å². The molecule has 0 atom stereocenters. The predicted molar refractivity (Wildman–Crippen MR) is 64.5 cm³/mol. The lowest BCUT2D eigenvalue weighted by molar-refractivity contribution is 0.411. The zero-order chi connectivity index (χ0) is 12.3. The number of hydrogen-bond donors (Lipinski definition) is 1. The van der Waals surface area contributed by atoms with Gasteiger partial charge in [-0.2, -0.15) is 5.10 Å². The lowest BCUT2D eigenvalue weighted by Gasteiger charge is -2.04. The van der Waals surface area contributed by atoms with Crippen LogP contribution in [-0.4, -0.2) is 26.9 Å². The summed E-state index contributed by atoms with van der Waals surface area (Å²) < 4.78 is 6.85. The first-order chi connectivity index (χ1) is 8.19. The molecule has 0 saturated heterocycles. The lowest BCUT2D eigenvalue weighted by atomic mass is 10.4. The third-order valence-electron chi connectivity index (χ3n) is 2.25. The first-order valence-electron chi connectivity index (χ1n) is 5.36. The van der Waals surface area contributed by atoms with Crippen molar-refractivity contribution in [3.05, 3.63) is 24.8 Å². The molecule has 6 nitrogen and oxygen atoms in total. The van der Waals surface area contributed by atoms with E-state index in [0.29, 0.717) is 17.7 Å². The van der Waals surface area contributed by atoms with E-state index < -0.39 is 0 Å². The first kappa shape index (κ1) is 11.4. The van der Waals surface area contributed by atoms with Crippen LogP contribution in [0.3, 0.4) is 0 Å². The van der Waals surface area contributed by atoms with Crippen LogP contribution >= 0.6 is 0 Å². The van der Waals surface area contributed by atoms with Gasteiger partial charge in [-0.1, -0.05) is 0 Å². The van der Waals surface area contributed by atoms with Crippen LogP contribution in [0, 0.1) is 0 Å². The molecule has 0 aliphatic carbocycles. The van der Waals surface area contributed by atoms with Crippen molar-refractivity contribution in [2.24, 2.45) is 0 Å². The Hall–Kier alpha value is -2.11. The van der Waals surface area contributed by atoms with E-state index in [1.54, 1.807) is 25.7 Å². The van der Waals surface area contributed by atoms with Gasteiger partial charge in [-0.05, 0) is 13.8 Å². The van der Waals surface area contributed by atoms with E-state index in [9.17, 15) is 0 Å².